The maximum absolute atomic E-state index is 12.7. The van der Waals surface area contributed by atoms with Gasteiger partial charge in [-0.15, -0.1) is 11.3 Å². The summed E-state index contributed by atoms with van der Waals surface area (Å²) in [6.45, 7) is 2.35. The molecule has 4 rings (SSSR count). The van der Waals surface area contributed by atoms with Gasteiger partial charge < -0.3 is 9.80 Å². The van der Waals surface area contributed by atoms with E-state index in [0.717, 1.165) is 22.7 Å². The van der Waals surface area contributed by atoms with Crippen LogP contribution >= 0.6 is 11.3 Å². The molecule has 0 atom stereocenters. The molecule has 5 nitrogen and oxygen atoms in total. The number of carbonyl (C=O) groups is 2. The van der Waals surface area contributed by atoms with Gasteiger partial charge in [0, 0.05) is 38.0 Å². The van der Waals surface area contributed by atoms with Gasteiger partial charge in [-0.3, -0.25) is 9.59 Å². The molecule has 1 fully saturated rings. The normalized spacial score (nSPS) is 14.0. The summed E-state index contributed by atoms with van der Waals surface area (Å²) in [4.78, 5) is 33.5. The maximum atomic E-state index is 12.7. The van der Waals surface area contributed by atoms with Crippen molar-refractivity contribution in [3.8, 4) is 0 Å². The summed E-state index contributed by atoms with van der Waals surface area (Å²) in [6, 6.07) is 20.0. The third-order valence-corrected chi connectivity index (χ3v) is 6.21. The van der Waals surface area contributed by atoms with E-state index in [0.29, 0.717) is 39.0 Å². The van der Waals surface area contributed by atoms with Crippen LogP contribution in [0.2, 0.25) is 0 Å². The number of amides is 2. The van der Waals surface area contributed by atoms with Crippen molar-refractivity contribution >= 4 is 23.2 Å². The molecule has 0 saturated carbocycles. The molecule has 0 radical (unpaired) electrons. The van der Waals surface area contributed by atoms with Crippen LogP contribution in [0, 0.1) is 0 Å². The molecule has 0 unspecified atom stereocenters. The van der Waals surface area contributed by atoms with Crippen LogP contribution in [0.5, 0.6) is 0 Å². The number of benzene rings is 2. The number of nitrogens with zero attached hydrogens (tertiary/aromatic N) is 3. The first kappa shape index (κ1) is 20.3. The summed E-state index contributed by atoms with van der Waals surface area (Å²) in [6.07, 6.45) is 1.53. The molecule has 1 aromatic heterocycles. The Bertz CT molecular complexity index is 980. The van der Waals surface area contributed by atoms with Gasteiger partial charge in [0.25, 0.3) is 0 Å². The van der Waals surface area contributed by atoms with Crippen LogP contribution in [0.4, 0.5) is 0 Å². The summed E-state index contributed by atoms with van der Waals surface area (Å²) in [5.41, 5.74) is 3.08. The molecule has 0 bridgehead atoms. The smallest absolute Gasteiger partial charge is 0.228 e. The Labute approximate surface area is 181 Å². The third kappa shape index (κ3) is 5.33. The number of piperazine rings is 1. The first-order chi connectivity index (χ1) is 14.7. The lowest BCUT2D eigenvalue weighted by molar-refractivity contribution is -0.138. The van der Waals surface area contributed by atoms with Crippen molar-refractivity contribution in [1.29, 1.82) is 0 Å². The lowest BCUT2D eigenvalue weighted by Gasteiger charge is -2.34. The molecule has 1 saturated heterocycles. The highest BCUT2D eigenvalue weighted by molar-refractivity contribution is 7.09. The summed E-state index contributed by atoms with van der Waals surface area (Å²) >= 11 is 1.60. The molecule has 2 heterocycles. The number of thiazole rings is 1. The Balaban J connectivity index is 1.25. The fraction of sp³-hybridized carbons (Fsp3) is 0.292. The van der Waals surface area contributed by atoms with Crippen LogP contribution in [0.3, 0.4) is 0 Å². The van der Waals surface area contributed by atoms with Crippen LogP contribution in [-0.2, 0) is 28.9 Å². The minimum absolute atomic E-state index is 0.0849. The van der Waals surface area contributed by atoms with E-state index in [9.17, 15) is 9.59 Å². The van der Waals surface area contributed by atoms with E-state index in [1.54, 1.807) is 11.3 Å². The lowest BCUT2D eigenvalue weighted by atomic mass is 10.1. The van der Waals surface area contributed by atoms with Gasteiger partial charge in [0.2, 0.25) is 11.8 Å². The molecule has 1 aliphatic rings. The third-order valence-electron chi connectivity index (χ3n) is 5.31. The Hall–Kier alpha value is -2.99. The first-order valence-corrected chi connectivity index (χ1v) is 11.1. The van der Waals surface area contributed by atoms with Crippen molar-refractivity contribution in [3.05, 3.63) is 87.9 Å². The molecule has 3 aromatic rings. The number of rotatable bonds is 6. The van der Waals surface area contributed by atoms with E-state index < -0.39 is 0 Å². The lowest BCUT2D eigenvalue weighted by Crippen LogP contribution is -2.51. The van der Waals surface area contributed by atoms with E-state index in [1.807, 2.05) is 63.7 Å². The van der Waals surface area contributed by atoms with Gasteiger partial charge >= 0.3 is 0 Å². The van der Waals surface area contributed by atoms with Crippen molar-refractivity contribution in [1.82, 2.24) is 14.8 Å². The number of carbonyl (C=O) groups excluding carboxylic acids is 2. The molecule has 1 aliphatic heterocycles. The maximum Gasteiger partial charge on any atom is 0.228 e. The molecule has 2 amide bonds. The van der Waals surface area contributed by atoms with Gasteiger partial charge in [-0.2, -0.15) is 0 Å². The van der Waals surface area contributed by atoms with Gasteiger partial charge in [-0.1, -0.05) is 60.7 Å². The van der Waals surface area contributed by atoms with E-state index >= 15 is 0 Å². The van der Waals surface area contributed by atoms with Crippen molar-refractivity contribution < 1.29 is 9.59 Å². The second-order valence-corrected chi connectivity index (χ2v) is 8.44. The average Bonchev–Trinajstić information content (AvgIpc) is 3.22. The predicted octanol–water partition coefficient (Wildman–Crippen LogP) is 3.19. The summed E-state index contributed by atoms with van der Waals surface area (Å²) in [7, 11) is 0. The fourth-order valence-corrected chi connectivity index (χ4v) is 4.46. The second kappa shape index (κ2) is 9.67. The number of hydrogen-bond donors (Lipinski definition) is 0. The monoisotopic (exact) mass is 419 g/mol. The van der Waals surface area contributed by atoms with Gasteiger partial charge in [-0.25, -0.2) is 4.98 Å². The Morgan fingerprint density at radius 1 is 0.767 bits per heavy atom. The van der Waals surface area contributed by atoms with Crippen LogP contribution < -0.4 is 0 Å². The zero-order valence-electron chi connectivity index (χ0n) is 16.9. The largest absolute Gasteiger partial charge is 0.339 e. The Kier molecular flexibility index (Phi) is 6.54. The summed E-state index contributed by atoms with van der Waals surface area (Å²) in [5, 5.41) is 3.01. The summed E-state index contributed by atoms with van der Waals surface area (Å²) in [5.74, 6) is 0.208. The highest BCUT2D eigenvalue weighted by Crippen LogP contribution is 2.16. The zero-order valence-corrected chi connectivity index (χ0v) is 17.7. The van der Waals surface area contributed by atoms with E-state index in [-0.39, 0.29) is 11.8 Å². The van der Waals surface area contributed by atoms with Crippen molar-refractivity contribution in [2.75, 3.05) is 26.2 Å². The highest BCUT2D eigenvalue weighted by Gasteiger charge is 2.24. The van der Waals surface area contributed by atoms with Crippen LogP contribution in [-0.4, -0.2) is 52.8 Å². The van der Waals surface area contributed by atoms with Crippen LogP contribution in [0.15, 0.2) is 66.0 Å². The minimum atomic E-state index is 0.0849. The SMILES string of the molecule is O=C(Cc1ccccc1)N1CCN(C(=O)Cc2csc(Cc3ccccc3)n2)CC1. The van der Waals surface area contributed by atoms with Gasteiger partial charge in [0.05, 0.1) is 23.5 Å². The minimum Gasteiger partial charge on any atom is -0.339 e. The molecule has 30 heavy (non-hydrogen) atoms. The zero-order chi connectivity index (χ0) is 20.8. The van der Waals surface area contributed by atoms with Crippen molar-refractivity contribution in [2.45, 2.75) is 19.3 Å². The molecule has 2 aromatic carbocycles. The number of aromatic nitrogens is 1. The topological polar surface area (TPSA) is 53.5 Å². The molecule has 6 heteroatoms. The molecule has 0 N–H and O–H groups in total. The van der Waals surface area contributed by atoms with E-state index in [4.69, 9.17) is 0 Å². The van der Waals surface area contributed by atoms with Crippen molar-refractivity contribution in [2.24, 2.45) is 0 Å². The molecular weight excluding hydrogens is 394 g/mol. The standard InChI is InChI=1S/C24H25N3O2S/c28-23(16-20-9-5-2-6-10-20)26-11-13-27(14-12-26)24(29)17-21-18-30-22(25-21)15-19-7-3-1-4-8-19/h1-10,18H,11-17H2. The first-order valence-electron chi connectivity index (χ1n) is 10.2. The van der Waals surface area contributed by atoms with Gasteiger partial charge in [0.15, 0.2) is 0 Å². The fourth-order valence-electron chi connectivity index (χ4n) is 3.64. The van der Waals surface area contributed by atoms with Crippen LogP contribution in [0.1, 0.15) is 21.8 Å². The number of hydrogen-bond acceptors (Lipinski definition) is 4. The molecular formula is C24H25N3O2S. The quantitative estimate of drug-likeness (QED) is 0.617. The van der Waals surface area contributed by atoms with E-state index in [2.05, 4.69) is 17.1 Å². The van der Waals surface area contributed by atoms with Gasteiger partial charge in [0.1, 0.15) is 0 Å². The van der Waals surface area contributed by atoms with E-state index in [1.165, 1.54) is 5.56 Å². The van der Waals surface area contributed by atoms with Gasteiger partial charge in [-0.05, 0) is 11.1 Å². The molecule has 0 spiro atoms. The molecule has 0 aliphatic carbocycles. The predicted molar refractivity (Wildman–Crippen MR) is 118 cm³/mol. The summed E-state index contributed by atoms with van der Waals surface area (Å²) < 4.78 is 0. The Morgan fingerprint density at radius 3 is 1.90 bits per heavy atom. The molecule has 154 valence electrons. The van der Waals surface area contributed by atoms with Crippen LogP contribution in [0.25, 0.3) is 0 Å². The Morgan fingerprint density at radius 2 is 1.30 bits per heavy atom. The highest BCUT2D eigenvalue weighted by atomic mass is 32.1. The second-order valence-electron chi connectivity index (χ2n) is 7.50. The van der Waals surface area contributed by atoms with Crippen molar-refractivity contribution in [3.63, 3.8) is 0 Å². The average molecular weight is 420 g/mol.